The molecule has 0 aliphatic rings. The second kappa shape index (κ2) is 11.7. The molecule has 3 rings (SSSR count). The van der Waals surface area contributed by atoms with Crippen LogP contribution < -0.4 is 5.32 Å². The summed E-state index contributed by atoms with van der Waals surface area (Å²) >= 11 is 5.51. The van der Waals surface area contributed by atoms with Crippen LogP contribution in [0.5, 0.6) is 5.75 Å². The van der Waals surface area contributed by atoms with Gasteiger partial charge < -0.3 is 14.6 Å². The van der Waals surface area contributed by atoms with Gasteiger partial charge in [0.2, 0.25) is 0 Å². The van der Waals surface area contributed by atoms with Gasteiger partial charge in [0.1, 0.15) is 11.9 Å². The van der Waals surface area contributed by atoms with Gasteiger partial charge in [-0.1, -0.05) is 30.3 Å². The predicted octanol–water partition coefficient (Wildman–Crippen LogP) is 5.81. The number of benzene rings is 3. The van der Waals surface area contributed by atoms with Gasteiger partial charge in [0.15, 0.2) is 0 Å². The topological polar surface area (TPSA) is 84.9 Å². The maximum atomic E-state index is 12.7. The van der Waals surface area contributed by atoms with Crippen molar-refractivity contribution in [3.05, 3.63) is 66.2 Å². The minimum Gasteiger partial charge on any atom is -0.507 e. The summed E-state index contributed by atoms with van der Waals surface area (Å²) in [7, 11) is 0. The lowest BCUT2D eigenvalue weighted by Crippen LogP contribution is -2.18. The van der Waals surface area contributed by atoms with Crippen LogP contribution in [0.1, 0.15) is 24.5 Å². The zero-order valence-electron chi connectivity index (χ0n) is 17.6. The molecule has 3 aromatic carbocycles. The summed E-state index contributed by atoms with van der Waals surface area (Å²) < 4.78 is 10.9. The number of aromatic hydroxyl groups is 1. The molecule has 0 heterocycles. The zero-order valence-corrected chi connectivity index (χ0v) is 19.3. The Hall–Kier alpha value is -2.84. The van der Waals surface area contributed by atoms with Crippen LogP contribution in [0, 0.1) is 0 Å². The second-order valence-corrected chi connectivity index (χ2v) is 8.18. The lowest BCUT2D eigenvalue weighted by atomic mass is 9.97. The van der Waals surface area contributed by atoms with Gasteiger partial charge in [-0.15, -0.1) is 11.8 Å². The van der Waals surface area contributed by atoms with Gasteiger partial charge in [-0.3, -0.25) is 10.1 Å². The Morgan fingerprint density at radius 2 is 1.78 bits per heavy atom. The number of fused-ring (bicyclic) bond motifs is 1. The van der Waals surface area contributed by atoms with Crippen LogP contribution in [0.25, 0.3) is 10.8 Å². The molecule has 0 spiro atoms. The van der Waals surface area contributed by atoms with Gasteiger partial charge in [-0.05, 0) is 54.8 Å². The van der Waals surface area contributed by atoms with Gasteiger partial charge in [0.25, 0.3) is 0 Å². The molecule has 32 heavy (non-hydrogen) atoms. The molecule has 0 aromatic heterocycles. The van der Waals surface area contributed by atoms with Gasteiger partial charge in [-0.2, -0.15) is 12.6 Å². The van der Waals surface area contributed by atoms with E-state index in [1.807, 2.05) is 54.8 Å². The van der Waals surface area contributed by atoms with E-state index in [9.17, 15) is 14.7 Å². The van der Waals surface area contributed by atoms with Crippen molar-refractivity contribution >= 4 is 52.9 Å². The van der Waals surface area contributed by atoms with Crippen molar-refractivity contribution in [3.8, 4) is 5.75 Å². The number of thioether (sulfide) groups is 1. The lowest BCUT2D eigenvalue weighted by molar-refractivity contribution is -0.140. The van der Waals surface area contributed by atoms with Gasteiger partial charge in [-0.25, -0.2) is 4.79 Å². The standard InChI is InChI=1S/C24H25NO5S2/c1-32-17-10-8-16(9-11-17)25-24(28)30-22(7-4-14-29-23(27)15-31)20-12-13-21(26)19-6-3-2-5-18(19)20/h2-3,5-6,8-13,22,26,31H,4,7,14-15H2,1H3,(H,25,28)/t22-/m1/s1. The summed E-state index contributed by atoms with van der Waals surface area (Å²) in [6.07, 6.45) is 1.73. The molecule has 0 saturated carbocycles. The summed E-state index contributed by atoms with van der Waals surface area (Å²) in [4.78, 5) is 25.1. The molecule has 168 valence electrons. The minimum atomic E-state index is -0.597. The van der Waals surface area contributed by atoms with E-state index >= 15 is 0 Å². The largest absolute Gasteiger partial charge is 0.507 e. The van der Waals surface area contributed by atoms with Crippen molar-refractivity contribution < 1.29 is 24.2 Å². The van der Waals surface area contributed by atoms with Crippen LogP contribution in [0.2, 0.25) is 0 Å². The van der Waals surface area contributed by atoms with Gasteiger partial charge in [0, 0.05) is 21.5 Å². The first-order chi connectivity index (χ1) is 15.5. The first-order valence-electron chi connectivity index (χ1n) is 10.1. The predicted molar refractivity (Wildman–Crippen MR) is 131 cm³/mol. The van der Waals surface area contributed by atoms with Crippen molar-refractivity contribution in [2.24, 2.45) is 0 Å². The Morgan fingerprint density at radius 3 is 2.47 bits per heavy atom. The first kappa shape index (κ1) is 23.8. The molecule has 8 heteroatoms. The number of nitrogens with one attached hydrogen (secondary N) is 1. The summed E-state index contributed by atoms with van der Waals surface area (Å²) in [6.45, 7) is 0.201. The number of amides is 1. The van der Waals surface area contributed by atoms with Crippen LogP contribution in [0.15, 0.2) is 65.6 Å². The smallest absolute Gasteiger partial charge is 0.412 e. The number of phenols is 1. The quantitative estimate of drug-likeness (QED) is 0.158. The molecule has 0 aliphatic carbocycles. The Balaban J connectivity index is 1.78. The fourth-order valence-corrected chi connectivity index (χ4v) is 3.82. The Morgan fingerprint density at radius 1 is 1.06 bits per heavy atom. The molecule has 3 aromatic rings. The molecule has 6 nitrogen and oxygen atoms in total. The van der Waals surface area contributed by atoms with E-state index in [0.29, 0.717) is 23.9 Å². The highest BCUT2D eigenvalue weighted by molar-refractivity contribution is 7.98. The van der Waals surface area contributed by atoms with Gasteiger partial charge in [0.05, 0.1) is 12.4 Å². The highest BCUT2D eigenvalue weighted by Crippen LogP contribution is 2.34. The van der Waals surface area contributed by atoms with Crippen LogP contribution in [0.4, 0.5) is 10.5 Å². The van der Waals surface area contributed by atoms with E-state index in [1.165, 1.54) is 0 Å². The molecule has 0 aliphatic heterocycles. The summed E-state index contributed by atoms with van der Waals surface area (Å²) in [5, 5.41) is 14.4. The third-order valence-corrected chi connectivity index (χ3v) is 5.87. The number of esters is 1. The number of thiol groups is 1. The Kier molecular flexibility index (Phi) is 8.70. The van der Waals surface area contributed by atoms with Crippen molar-refractivity contribution in [2.45, 2.75) is 23.8 Å². The molecule has 0 fully saturated rings. The van der Waals surface area contributed by atoms with Crippen LogP contribution in [-0.2, 0) is 14.3 Å². The van der Waals surface area contributed by atoms with E-state index in [2.05, 4.69) is 17.9 Å². The molecule has 1 amide bonds. The fourth-order valence-electron chi connectivity index (χ4n) is 3.32. The van der Waals surface area contributed by atoms with Crippen molar-refractivity contribution in [1.82, 2.24) is 0 Å². The minimum absolute atomic E-state index is 0.0141. The SMILES string of the molecule is CSc1ccc(NC(=O)O[C@H](CCCOC(=O)CS)c2ccc(O)c3ccccc23)cc1. The van der Waals surface area contributed by atoms with Gasteiger partial charge >= 0.3 is 12.1 Å². The number of ether oxygens (including phenoxy) is 2. The molecule has 0 bridgehead atoms. The maximum Gasteiger partial charge on any atom is 0.412 e. The molecular formula is C24H25NO5S2. The van der Waals surface area contributed by atoms with Crippen molar-refractivity contribution in [1.29, 1.82) is 0 Å². The molecule has 0 radical (unpaired) electrons. The highest BCUT2D eigenvalue weighted by Gasteiger charge is 2.20. The zero-order chi connectivity index (χ0) is 22.9. The maximum absolute atomic E-state index is 12.7. The third kappa shape index (κ3) is 6.34. The van der Waals surface area contributed by atoms with E-state index in [0.717, 1.165) is 15.8 Å². The van der Waals surface area contributed by atoms with E-state index in [1.54, 1.807) is 23.9 Å². The molecule has 1 atom stereocenters. The number of carbonyl (C=O) groups is 2. The van der Waals surface area contributed by atoms with E-state index in [4.69, 9.17) is 9.47 Å². The van der Waals surface area contributed by atoms with E-state index in [-0.39, 0.29) is 18.1 Å². The second-order valence-electron chi connectivity index (χ2n) is 6.99. The van der Waals surface area contributed by atoms with E-state index < -0.39 is 18.2 Å². The summed E-state index contributed by atoms with van der Waals surface area (Å²) in [5.74, 6) is -0.225. The number of anilines is 1. The average Bonchev–Trinajstić information content (AvgIpc) is 2.82. The Labute approximate surface area is 196 Å². The Bertz CT molecular complexity index is 1070. The molecule has 2 N–H and O–H groups in total. The van der Waals surface area contributed by atoms with Crippen LogP contribution in [0.3, 0.4) is 0 Å². The van der Waals surface area contributed by atoms with Crippen LogP contribution in [-0.4, -0.2) is 35.8 Å². The number of hydrogen-bond donors (Lipinski definition) is 3. The number of hydrogen-bond acceptors (Lipinski definition) is 7. The monoisotopic (exact) mass is 471 g/mol. The normalized spacial score (nSPS) is 11.7. The summed E-state index contributed by atoms with van der Waals surface area (Å²) in [6, 6.07) is 18.2. The average molecular weight is 472 g/mol. The first-order valence-corrected chi connectivity index (χ1v) is 12.0. The number of carbonyl (C=O) groups excluding carboxylic acids is 2. The number of rotatable bonds is 9. The highest BCUT2D eigenvalue weighted by atomic mass is 32.2. The molecule has 0 unspecified atom stereocenters. The van der Waals surface area contributed by atoms with Crippen LogP contribution >= 0.6 is 24.4 Å². The molecular weight excluding hydrogens is 446 g/mol. The summed E-state index contributed by atoms with van der Waals surface area (Å²) in [5.41, 5.74) is 1.40. The van der Waals surface area contributed by atoms with Crippen molar-refractivity contribution in [2.75, 3.05) is 23.9 Å². The van der Waals surface area contributed by atoms with Crippen molar-refractivity contribution in [3.63, 3.8) is 0 Å². The third-order valence-electron chi connectivity index (χ3n) is 4.87. The fraction of sp³-hybridized carbons (Fsp3) is 0.250. The number of phenolic OH excluding ortho intramolecular Hbond substituents is 1. The lowest BCUT2D eigenvalue weighted by Gasteiger charge is -2.21. The molecule has 0 saturated heterocycles.